The lowest BCUT2D eigenvalue weighted by atomic mass is 10.1. The number of hydrogen-bond acceptors (Lipinski definition) is 5. The van der Waals surface area contributed by atoms with Crippen molar-refractivity contribution in [2.24, 2.45) is 0 Å². The number of nitrogens with one attached hydrogen (secondary N) is 1. The Balaban J connectivity index is 1.52. The molecule has 5 nitrogen and oxygen atoms in total. The minimum Gasteiger partial charge on any atom is -0.490 e. The van der Waals surface area contributed by atoms with Gasteiger partial charge in [-0.2, -0.15) is 0 Å². The zero-order valence-corrected chi connectivity index (χ0v) is 15.3. The molecule has 2 heterocycles. The average molecular weight is 364 g/mol. The molecule has 1 aliphatic heterocycles. The number of ether oxygens (including phenoxy) is 1. The number of para-hydroxylation sites is 1. The first kappa shape index (κ1) is 17.8. The molecule has 2 aromatic carbocycles. The van der Waals surface area contributed by atoms with E-state index in [9.17, 15) is 4.79 Å². The Kier molecular flexibility index (Phi) is 5.51. The first-order valence-electron chi connectivity index (χ1n) is 9.49. The van der Waals surface area contributed by atoms with Crippen LogP contribution >= 0.6 is 0 Å². The van der Waals surface area contributed by atoms with Crippen molar-refractivity contribution in [2.45, 2.75) is 6.42 Å². The summed E-state index contributed by atoms with van der Waals surface area (Å²) in [4.78, 5) is 15.0. The van der Waals surface area contributed by atoms with Gasteiger partial charge in [0, 0.05) is 44.4 Å². The average Bonchev–Trinajstić information content (AvgIpc) is 2.73. The third kappa shape index (κ3) is 4.21. The van der Waals surface area contributed by atoms with E-state index in [1.807, 2.05) is 42.5 Å². The Morgan fingerprint density at radius 3 is 2.67 bits per heavy atom. The SMILES string of the molecule is O=c1cc(-c2ccccc2)oc2c(OCCCN3CCNCC3)cccc12. The maximum Gasteiger partial charge on any atom is 0.193 e. The lowest BCUT2D eigenvalue weighted by Gasteiger charge is -2.26. The molecular weight excluding hydrogens is 340 g/mol. The Bertz CT molecular complexity index is 947. The Morgan fingerprint density at radius 2 is 1.85 bits per heavy atom. The fourth-order valence-corrected chi connectivity index (χ4v) is 3.41. The van der Waals surface area contributed by atoms with Gasteiger partial charge in [-0.15, -0.1) is 0 Å². The molecule has 5 heteroatoms. The summed E-state index contributed by atoms with van der Waals surface area (Å²) in [6, 6.07) is 16.7. The predicted octanol–water partition coefficient (Wildman–Crippen LogP) is 3.13. The summed E-state index contributed by atoms with van der Waals surface area (Å²) in [5.41, 5.74) is 1.34. The van der Waals surface area contributed by atoms with Gasteiger partial charge in [-0.1, -0.05) is 36.4 Å². The highest BCUT2D eigenvalue weighted by molar-refractivity contribution is 5.84. The predicted molar refractivity (Wildman–Crippen MR) is 107 cm³/mol. The van der Waals surface area contributed by atoms with E-state index in [-0.39, 0.29) is 5.43 Å². The van der Waals surface area contributed by atoms with E-state index in [2.05, 4.69) is 10.2 Å². The summed E-state index contributed by atoms with van der Waals surface area (Å²) in [6.45, 7) is 5.90. The number of hydrogen-bond donors (Lipinski definition) is 1. The molecule has 3 aromatic rings. The molecule has 0 radical (unpaired) electrons. The van der Waals surface area contributed by atoms with Gasteiger partial charge in [0.25, 0.3) is 0 Å². The van der Waals surface area contributed by atoms with Crippen LogP contribution in [0.15, 0.2) is 63.8 Å². The molecule has 140 valence electrons. The van der Waals surface area contributed by atoms with Gasteiger partial charge in [0.2, 0.25) is 0 Å². The maximum absolute atomic E-state index is 12.5. The summed E-state index contributed by atoms with van der Waals surface area (Å²) in [5.74, 6) is 1.19. The van der Waals surface area contributed by atoms with Crippen LogP contribution in [0.2, 0.25) is 0 Å². The van der Waals surface area contributed by atoms with Crippen molar-refractivity contribution in [3.8, 4) is 17.1 Å². The van der Waals surface area contributed by atoms with Gasteiger partial charge in [-0.05, 0) is 18.6 Å². The summed E-state index contributed by atoms with van der Waals surface area (Å²) >= 11 is 0. The van der Waals surface area contributed by atoms with Gasteiger partial charge in [-0.25, -0.2) is 0 Å². The second-order valence-corrected chi connectivity index (χ2v) is 6.77. The van der Waals surface area contributed by atoms with Crippen LogP contribution in [0.25, 0.3) is 22.3 Å². The Hall–Kier alpha value is -2.63. The van der Waals surface area contributed by atoms with Crippen LogP contribution in [0.3, 0.4) is 0 Å². The van der Waals surface area contributed by atoms with E-state index >= 15 is 0 Å². The van der Waals surface area contributed by atoms with Crippen molar-refractivity contribution in [1.82, 2.24) is 10.2 Å². The van der Waals surface area contributed by atoms with Crippen molar-refractivity contribution < 1.29 is 9.15 Å². The Morgan fingerprint density at radius 1 is 1.04 bits per heavy atom. The molecule has 0 atom stereocenters. The van der Waals surface area contributed by atoms with E-state index in [1.54, 1.807) is 12.1 Å². The van der Waals surface area contributed by atoms with Crippen LogP contribution in [0, 0.1) is 0 Å². The van der Waals surface area contributed by atoms with Gasteiger partial charge in [0.05, 0.1) is 12.0 Å². The van der Waals surface area contributed by atoms with E-state index < -0.39 is 0 Å². The minimum atomic E-state index is -0.0543. The summed E-state index contributed by atoms with van der Waals surface area (Å²) in [5, 5.41) is 3.91. The van der Waals surface area contributed by atoms with Crippen LogP contribution < -0.4 is 15.5 Å². The summed E-state index contributed by atoms with van der Waals surface area (Å²) in [6.07, 6.45) is 0.943. The molecule has 0 unspecified atom stereocenters. The molecule has 1 aliphatic rings. The monoisotopic (exact) mass is 364 g/mol. The van der Waals surface area contributed by atoms with E-state index in [0.717, 1.165) is 44.7 Å². The van der Waals surface area contributed by atoms with E-state index in [4.69, 9.17) is 9.15 Å². The van der Waals surface area contributed by atoms with Crippen molar-refractivity contribution in [3.63, 3.8) is 0 Å². The fraction of sp³-hybridized carbons (Fsp3) is 0.318. The Labute approximate surface area is 158 Å². The number of piperazine rings is 1. The molecule has 1 fully saturated rings. The molecule has 0 spiro atoms. The van der Waals surface area contributed by atoms with Gasteiger partial charge < -0.3 is 19.4 Å². The highest BCUT2D eigenvalue weighted by Gasteiger charge is 2.12. The van der Waals surface area contributed by atoms with E-state index in [0.29, 0.717) is 29.1 Å². The molecule has 0 saturated carbocycles. The van der Waals surface area contributed by atoms with Crippen LogP contribution in [0.5, 0.6) is 5.75 Å². The third-order valence-electron chi connectivity index (χ3n) is 4.86. The number of nitrogens with zero attached hydrogens (tertiary/aromatic N) is 1. The molecule has 4 rings (SSSR count). The smallest absolute Gasteiger partial charge is 0.193 e. The lowest BCUT2D eigenvalue weighted by molar-refractivity contribution is 0.214. The molecular formula is C22H24N2O3. The molecule has 1 N–H and O–H groups in total. The van der Waals surface area contributed by atoms with Gasteiger partial charge in [-0.3, -0.25) is 4.79 Å². The minimum absolute atomic E-state index is 0.0543. The van der Waals surface area contributed by atoms with Crippen LogP contribution in [0.1, 0.15) is 6.42 Å². The van der Waals surface area contributed by atoms with Crippen molar-refractivity contribution in [2.75, 3.05) is 39.3 Å². The number of rotatable bonds is 6. The highest BCUT2D eigenvalue weighted by atomic mass is 16.5. The van der Waals surface area contributed by atoms with Crippen LogP contribution in [-0.4, -0.2) is 44.2 Å². The molecule has 1 aromatic heterocycles. The van der Waals surface area contributed by atoms with Crippen LogP contribution in [-0.2, 0) is 0 Å². The van der Waals surface area contributed by atoms with Gasteiger partial charge >= 0.3 is 0 Å². The summed E-state index contributed by atoms with van der Waals surface area (Å²) < 4.78 is 12.0. The zero-order chi connectivity index (χ0) is 18.5. The maximum atomic E-state index is 12.5. The molecule has 27 heavy (non-hydrogen) atoms. The third-order valence-corrected chi connectivity index (χ3v) is 4.86. The van der Waals surface area contributed by atoms with Gasteiger partial charge in [0.1, 0.15) is 5.76 Å². The summed E-state index contributed by atoms with van der Waals surface area (Å²) in [7, 11) is 0. The quantitative estimate of drug-likeness (QED) is 0.681. The molecule has 0 aliphatic carbocycles. The normalized spacial score (nSPS) is 15.1. The van der Waals surface area contributed by atoms with Crippen molar-refractivity contribution in [3.05, 3.63) is 64.8 Å². The molecule has 0 bridgehead atoms. The van der Waals surface area contributed by atoms with Crippen LogP contribution in [0.4, 0.5) is 0 Å². The number of fused-ring (bicyclic) bond motifs is 1. The zero-order valence-electron chi connectivity index (χ0n) is 15.3. The molecule has 0 amide bonds. The topological polar surface area (TPSA) is 54.7 Å². The second-order valence-electron chi connectivity index (χ2n) is 6.77. The first-order valence-corrected chi connectivity index (χ1v) is 9.49. The largest absolute Gasteiger partial charge is 0.490 e. The lowest BCUT2D eigenvalue weighted by Crippen LogP contribution is -2.43. The van der Waals surface area contributed by atoms with Gasteiger partial charge in [0.15, 0.2) is 16.8 Å². The highest BCUT2D eigenvalue weighted by Crippen LogP contribution is 2.28. The first-order chi connectivity index (χ1) is 13.3. The second kappa shape index (κ2) is 8.37. The standard InChI is InChI=1S/C22H24N2O3/c25-19-16-21(17-6-2-1-3-7-17)27-22-18(19)8-4-9-20(22)26-15-5-12-24-13-10-23-11-14-24/h1-4,6-9,16,23H,5,10-15H2. The van der Waals surface area contributed by atoms with Crippen molar-refractivity contribution >= 4 is 11.0 Å². The van der Waals surface area contributed by atoms with E-state index in [1.165, 1.54) is 0 Å². The van der Waals surface area contributed by atoms with Crippen molar-refractivity contribution in [1.29, 1.82) is 0 Å². The number of benzene rings is 2. The fourth-order valence-electron chi connectivity index (χ4n) is 3.41. The molecule has 1 saturated heterocycles.